The molecule has 9 nitrogen and oxygen atoms in total. The summed E-state index contributed by atoms with van der Waals surface area (Å²) >= 11 is 11.5. The third-order valence-electron chi connectivity index (χ3n) is 6.43. The van der Waals surface area contributed by atoms with Crippen LogP contribution in [-0.2, 0) is 20.0 Å². The molecule has 2 heterocycles. The van der Waals surface area contributed by atoms with Crippen LogP contribution >= 0.6 is 23.2 Å². The van der Waals surface area contributed by atoms with Gasteiger partial charge < -0.3 is 10.0 Å². The Morgan fingerprint density at radius 2 is 1.00 bits per heavy atom. The molecule has 1 N–H and O–H groups in total. The van der Waals surface area contributed by atoms with E-state index in [0.29, 0.717) is 60.8 Å². The van der Waals surface area contributed by atoms with Gasteiger partial charge in [0, 0.05) is 68.9 Å². The minimum Gasteiger partial charge on any atom is -0.395 e. The molecule has 0 radical (unpaired) electrons. The minimum atomic E-state index is -3.43. The van der Waals surface area contributed by atoms with E-state index in [2.05, 4.69) is 11.8 Å². The van der Waals surface area contributed by atoms with Gasteiger partial charge in [-0.3, -0.25) is 4.90 Å². The van der Waals surface area contributed by atoms with Gasteiger partial charge in [-0.15, -0.1) is 0 Å². The molecule has 0 spiro atoms. The smallest absolute Gasteiger partial charge is 0.243 e. The van der Waals surface area contributed by atoms with Crippen LogP contribution in [0.15, 0.2) is 58.3 Å². The lowest BCUT2D eigenvalue weighted by molar-refractivity contribution is 0.151. The molecular formula is C24H34Cl2N4O5S2. The fraction of sp³-hybridized carbons (Fsp3) is 0.500. The summed E-state index contributed by atoms with van der Waals surface area (Å²) in [6.07, 6.45) is 0. The van der Waals surface area contributed by atoms with Gasteiger partial charge in [-0.25, -0.2) is 16.8 Å². The molecule has 13 heteroatoms. The van der Waals surface area contributed by atoms with Crippen LogP contribution in [0.5, 0.6) is 0 Å². The van der Waals surface area contributed by atoms with E-state index >= 15 is 0 Å². The highest BCUT2D eigenvalue weighted by molar-refractivity contribution is 7.89. The van der Waals surface area contributed by atoms with Gasteiger partial charge in [0.2, 0.25) is 20.0 Å². The maximum absolute atomic E-state index is 12.4. The lowest BCUT2D eigenvalue weighted by Gasteiger charge is -2.33. The van der Waals surface area contributed by atoms with Gasteiger partial charge in [-0.2, -0.15) is 8.61 Å². The molecule has 2 aliphatic rings. The number of rotatable bonds is 7. The molecule has 37 heavy (non-hydrogen) atoms. The largest absolute Gasteiger partial charge is 0.395 e. The van der Waals surface area contributed by atoms with Crippen LogP contribution < -0.4 is 0 Å². The van der Waals surface area contributed by atoms with Crippen molar-refractivity contribution in [3.63, 3.8) is 0 Å². The predicted octanol–water partition coefficient (Wildman–Crippen LogP) is 2.30. The second kappa shape index (κ2) is 13.7. The Hall–Kier alpha value is -1.28. The number of halogens is 2. The number of piperazine rings is 2. The molecule has 2 aromatic rings. The van der Waals surface area contributed by atoms with E-state index in [4.69, 9.17) is 28.3 Å². The molecule has 2 aromatic carbocycles. The zero-order valence-electron chi connectivity index (χ0n) is 20.8. The quantitative estimate of drug-likeness (QED) is 0.526. The van der Waals surface area contributed by atoms with Crippen molar-refractivity contribution in [2.45, 2.75) is 16.7 Å². The van der Waals surface area contributed by atoms with E-state index in [1.54, 1.807) is 40.7 Å². The second-order valence-corrected chi connectivity index (χ2v) is 13.5. The van der Waals surface area contributed by atoms with E-state index in [-0.39, 0.29) is 11.5 Å². The Balaban J connectivity index is 0.000000206. The number of likely N-dealkylation sites (N-methyl/N-ethyl adjacent to an activating group) is 1. The van der Waals surface area contributed by atoms with Crippen molar-refractivity contribution in [2.75, 3.05) is 72.1 Å². The first-order chi connectivity index (χ1) is 17.6. The molecule has 4 rings (SSSR count). The van der Waals surface area contributed by atoms with Crippen molar-refractivity contribution in [2.24, 2.45) is 0 Å². The molecule has 0 bridgehead atoms. The van der Waals surface area contributed by atoms with Gasteiger partial charge >= 0.3 is 0 Å². The first kappa shape index (κ1) is 30.3. The molecular weight excluding hydrogens is 559 g/mol. The molecule has 2 fully saturated rings. The Kier molecular flexibility index (Phi) is 11.2. The minimum absolute atomic E-state index is 0.101. The molecule has 0 aromatic heterocycles. The van der Waals surface area contributed by atoms with Crippen LogP contribution in [0, 0.1) is 0 Å². The lowest BCUT2D eigenvalue weighted by Crippen LogP contribution is -2.49. The third-order valence-corrected chi connectivity index (χ3v) is 10.8. The SMILES string of the molecule is CCN1CCN(S(=O)(=O)c2ccc(Cl)cc2)CC1.O=S(=O)(c1ccc(Cl)cc1)N1CCN(CCO)CC1. The normalized spacial score (nSPS) is 18.8. The van der Waals surface area contributed by atoms with Crippen LogP contribution in [0.1, 0.15) is 6.92 Å². The summed E-state index contributed by atoms with van der Waals surface area (Å²) in [6.45, 7) is 8.64. The third kappa shape index (κ3) is 8.11. The van der Waals surface area contributed by atoms with E-state index in [1.165, 1.54) is 16.4 Å². The van der Waals surface area contributed by atoms with Crippen molar-refractivity contribution >= 4 is 43.2 Å². The van der Waals surface area contributed by atoms with Crippen LogP contribution in [-0.4, -0.2) is 112 Å². The molecule has 0 saturated carbocycles. The highest BCUT2D eigenvalue weighted by atomic mass is 35.5. The Bertz CT molecular complexity index is 1200. The summed E-state index contributed by atoms with van der Waals surface area (Å²) < 4.78 is 52.5. The van der Waals surface area contributed by atoms with E-state index < -0.39 is 20.0 Å². The Morgan fingerprint density at radius 3 is 1.32 bits per heavy atom. The van der Waals surface area contributed by atoms with Gasteiger partial charge in [0.25, 0.3) is 0 Å². The number of aliphatic hydroxyl groups excluding tert-OH is 1. The summed E-state index contributed by atoms with van der Waals surface area (Å²) in [5.74, 6) is 0. The highest BCUT2D eigenvalue weighted by Crippen LogP contribution is 2.21. The van der Waals surface area contributed by atoms with Crippen molar-refractivity contribution < 1.29 is 21.9 Å². The van der Waals surface area contributed by atoms with Crippen LogP contribution in [0.2, 0.25) is 10.0 Å². The standard InChI is InChI=1S/C12H17ClN2O3S.C12H17ClN2O2S/c13-11-1-3-12(4-2-11)19(17,18)15-7-5-14(6-8-15)9-10-16;1-2-14-7-9-15(10-8-14)18(16,17)12-5-3-11(13)4-6-12/h1-4,16H,5-10H2;3-6H,2,7-10H2,1H3. The first-order valence-electron chi connectivity index (χ1n) is 12.1. The van der Waals surface area contributed by atoms with Crippen LogP contribution in [0.3, 0.4) is 0 Å². The molecule has 2 saturated heterocycles. The average Bonchev–Trinajstić information content (AvgIpc) is 2.90. The van der Waals surface area contributed by atoms with E-state index in [1.807, 2.05) is 4.90 Å². The zero-order chi connectivity index (χ0) is 27.1. The maximum atomic E-state index is 12.4. The summed E-state index contributed by atoms with van der Waals surface area (Å²) in [7, 11) is -6.79. The average molecular weight is 594 g/mol. The lowest BCUT2D eigenvalue weighted by atomic mass is 10.4. The number of benzene rings is 2. The number of hydrogen-bond acceptors (Lipinski definition) is 7. The Morgan fingerprint density at radius 1 is 0.649 bits per heavy atom. The van der Waals surface area contributed by atoms with Gasteiger partial charge in [-0.1, -0.05) is 30.1 Å². The number of hydrogen-bond donors (Lipinski definition) is 1. The topological polar surface area (TPSA) is 101 Å². The fourth-order valence-electron chi connectivity index (χ4n) is 4.13. The molecule has 2 aliphatic heterocycles. The summed E-state index contributed by atoms with van der Waals surface area (Å²) in [6, 6.07) is 12.5. The van der Waals surface area contributed by atoms with Crippen LogP contribution in [0.25, 0.3) is 0 Å². The van der Waals surface area contributed by atoms with Crippen molar-refractivity contribution in [3.05, 3.63) is 58.6 Å². The summed E-state index contributed by atoms with van der Waals surface area (Å²) in [5.41, 5.74) is 0. The number of sulfonamides is 2. The molecule has 0 atom stereocenters. The van der Waals surface area contributed by atoms with Gasteiger partial charge in [-0.05, 0) is 55.1 Å². The van der Waals surface area contributed by atoms with Crippen molar-refractivity contribution in [3.8, 4) is 0 Å². The zero-order valence-corrected chi connectivity index (χ0v) is 24.0. The highest BCUT2D eigenvalue weighted by Gasteiger charge is 2.29. The number of β-amino-alcohol motifs (C(OH)–C–C–N with tert-alkyl or cyclic N) is 1. The van der Waals surface area contributed by atoms with Gasteiger partial charge in [0.15, 0.2) is 0 Å². The monoisotopic (exact) mass is 592 g/mol. The first-order valence-corrected chi connectivity index (χ1v) is 15.8. The number of aliphatic hydroxyl groups is 1. The van der Waals surface area contributed by atoms with Gasteiger partial charge in [0.05, 0.1) is 16.4 Å². The second-order valence-electron chi connectivity index (χ2n) is 8.72. The van der Waals surface area contributed by atoms with Crippen molar-refractivity contribution in [1.29, 1.82) is 0 Å². The molecule has 0 amide bonds. The number of nitrogens with zero attached hydrogens (tertiary/aromatic N) is 4. The molecule has 206 valence electrons. The fourth-order valence-corrected chi connectivity index (χ4v) is 7.23. The Labute approximate surface area is 230 Å². The molecule has 0 unspecified atom stereocenters. The van der Waals surface area contributed by atoms with E-state index in [9.17, 15) is 16.8 Å². The van der Waals surface area contributed by atoms with Crippen molar-refractivity contribution in [1.82, 2.24) is 18.4 Å². The maximum Gasteiger partial charge on any atom is 0.243 e. The van der Waals surface area contributed by atoms with E-state index in [0.717, 1.165) is 19.6 Å². The van der Waals surface area contributed by atoms with Gasteiger partial charge in [0.1, 0.15) is 0 Å². The van der Waals surface area contributed by atoms with Crippen LogP contribution in [0.4, 0.5) is 0 Å². The predicted molar refractivity (Wildman–Crippen MR) is 146 cm³/mol. The molecule has 0 aliphatic carbocycles. The summed E-state index contributed by atoms with van der Waals surface area (Å²) in [4.78, 5) is 4.88. The summed E-state index contributed by atoms with van der Waals surface area (Å²) in [5, 5.41) is 9.93.